The second-order valence-corrected chi connectivity index (χ2v) is 5.20. The third-order valence-electron chi connectivity index (χ3n) is 4.19. The quantitative estimate of drug-likeness (QED) is 0.555. The van der Waals surface area contributed by atoms with Gasteiger partial charge < -0.3 is 20.2 Å². The molecule has 5 atom stereocenters. The van der Waals surface area contributed by atoms with Crippen LogP contribution in [0.15, 0.2) is 0 Å². The first-order chi connectivity index (χ1) is 8.47. The van der Waals surface area contributed by atoms with Crippen molar-refractivity contribution in [1.29, 1.82) is 0 Å². The van der Waals surface area contributed by atoms with E-state index in [9.17, 15) is 20.1 Å². The smallest absolute Gasteiger partial charge is 0.219 e. The number of nitrogens with zero attached hydrogens (tertiary/aromatic N) is 2. The summed E-state index contributed by atoms with van der Waals surface area (Å²) in [6.07, 6.45) is -1.99. The molecule has 5 unspecified atom stereocenters. The molecule has 104 valence electrons. The van der Waals surface area contributed by atoms with E-state index in [4.69, 9.17) is 0 Å². The first-order valence-electron chi connectivity index (χ1n) is 6.52. The van der Waals surface area contributed by atoms with E-state index in [1.807, 2.05) is 11.8 Å². The molecule has 2 saturated heterocycles. The highest BCUT2D eigenvalue weighted by molar-refractivity contribution is 5.73. The fourth-order valence-electron chi connectivity index (χ4n) is 3.27. The average Bonchev–Trinajstić information content (AvgIpc) is 2.67. The Hall–Kier alpha value is -0.690. The Morgan fingerprint density at radius 3 is 2.56 bits per heavy atom. The zero-order chi connectivity index (χ0) is 13.4. The van der Waals surface area contributed by atoms with E-state index >= 15 is 0 Å². The van der Waals surface area contributed by atoms with Crippen LogP contribution < -0.4 is 0 Å². The van der Waals surface area contributed by atoms with Crippen LogP contribution in [-0.4, -0.2) is 81.1 Å². The Morgan fingerprint density at radius 1 is 1.33 bits per heavy atom. The maximum atomic E-state index is 11.5. The van der Waals surface area contributed by atoms with Crippen LogP contribution in [0.25, 0.3) is 0 Å². The molecule has 6 heteroatoms. The van der Waals surface area contributed by atoms with Crippen molar-refractivity contribution < 1.29 is 20.1 Å². The van der Waals surface area contributed by atoms with E-state index in [1.165, 1.54) is 6.92 Å². The Kier molecular flexibility index (Phi) is 3.91. The second kappa shape index (κ2) is 5.13. The number of aliphatic hydroxyl groups excluding tert-OH is 3. The van der Waals surface area contributed by atoms with E-state index in [2.05, 4.69) is 0 Å². The van der Waals surface area contributed by atoms with Gasteiger partial charge in [-0.2, -0.15) is 0 Å². The third kappa shape index (κ3) is 2.14. The molecule has 0 radical (unpaired) electrons. The van der Waals surface area contributed by atoms with E-state index in [0.29, 0.717) is 26.1 Å². The molecule has 2 rings (SSSR count). The first kappa shape index (κ1) is 13.7. The van der Waals surface area contributed by atoms with Gasteiger partial charge in [0.05, 0.1) is 24.3 Å². The van der Waals surface area contributed by atoms with Crippen LogP contribution in [0, 0.1) is 0 Å². The van der Waals surface area contributed by atoms with Gasteiger partial charge in [0, 0.05) is 26.6 Å². The Balaban J connectivity index is 2.17. The summed E-state index contributed by atoms with van der Waals surface area (Å²) in [5, 5.41) is 30.1. The minimum absolute atomic E-state index is 0.105. The predicted octanol–water partition coefficient (Wildman–Crippen LogP) is -1.61. The lowest BCUT2D eigenvalue weighted by Gasteiger charge is -2.46. The predicted molar refractivity (Wildman–Crippen MR) is 64.8 cm³/mol. The lowest BCUT2D eigenvalue weighted by atomic mass is 9.90. The highest BCUT2D eigenvalue weighted by Crippen LogP contribution is 2.30. The standard InChI is InChI=1S/C12H22N2O4/c1-3-14(7(2)15)8-6-13-5-4-9(16)10(13)12(18)11(8)17/h8-12,16-18H,3-6H2,1-2H3. The number of rotatable bonds is 2. The summed E-state index contributed by atoms with van der Waals surface area (Å²) in [4.78, 5) is 15.1. The van der Waals surface area contributed by atoms with Gasteiger partial charge in [-0.15, -0.1) is 0 Å². The largest absolute Gasteiger partial charge is 0.391 e. The molecule has 0 aromatic rings. The summed E-state index contributed by atoms with van der Waals surface area (Å²) in [6.45, 7) is 5.03. The van der Waals surface area contributed by atoms with Crippen LogP contribution in [0.5, 0.6) is 0 Å². The van der Waals surface area contributed by atoms with Crippen LogP contribution in [0.1, 0.15) is 20.3 Å². The van der Waals surface area contributed by atoms with Gasteiger partial charge in [-0.05, 0) is 13.3 Å². The monoisotopic (exact) mass is 258 g/mol. The number of amides is 1. The van der Waals surface area contributed by atoms with Gasteiger partial charge in [0.25, 0.3) is 0 Å². The number of carbonyl (C=O) groups is 1. The number of hydrogen-bond donors (Lipinski definition) is 3. The van der Waals surface area contributed by atoms with Crippen LogP contribution in [0.2, 0.25) is 0 Å². The normalized spacial score (nSPS) is 40.6. The number of piperidine rings is 1. The molecule has 0 spiro atoms. The van der Waals surface area contributed by atoms with Crippen molar-refractivity contribution in [2.45, 2.75) is 50.7 Å². The van der Waals surface area contributed by atoms with Crippen LogP contribution in [0.3, 0.4) is 0 Å². The molecular weight excluding hydrogens is 236 g/mol. The van der Waals surface area contributed by atoms with Gasteiger partial charge in [0.2, 0.25) is 5.91 Å². The molecular formula is C12H22N2O4. The van der Waals surface area contributed by atoms with Gasteiger partial charge in [-0.1, -0.05) is 0 Å². The Morgan fingerprint density at radius 2 is 2.00 bits per heavy atom. The van der Waals surface area contributed by atoms with E-state index in [-0.39, 0.29) is 5.91 Å². The fraction of sp³-hybridized carbons (Fsp3) is 0.917. The van der Waals surface area contributed by atoms with Crippen molar-refractivity contribution >= 4 is 5.91 Å². The summed E-state index contributed by atoms with van der Waals surface area (Å²) in [6, 6.07) is -0.800. The molecule has 2 fully saturated rings. The Bertz CT molecular complexity index is 325. The summed E-state index contributed by atoms with van der Waals surface area (Å²) in [5.74, 6) is -0.105. The van der Waals surface area contributed by atoms with Crippen LogP contribution in [-0.2, 0) is 4.79 Å². The number of hydrogen-bond acceptors (Lipinski definition) is 5. The fourth-order valence-corrected chi connectivity index (χ4v) is 3.27. The summed E-state index contributed by atoms with van der Waals surface area (Å²) >= 11 is 0. The summed E-state index contributed by atoms with van der Waals surface area (Å²) in [5.41, 5.74) is 0. The molecule has 0 aromatic carbocycles. The highest BCUT2D eigenvalue weighted by Gasteiger charge is 2.49. The summed E-state index contributed by atoms with van der Waals surface area (Å²) in [7, 11) is 0. The van der Waals surface area contributed by atoms with Crippen molar-refractivity contribution in [2.75, 3.05) is 19.6 Å². The molecule has 1 amide bonds. The zero-order valence-electron chi connectivity index (χ0n) is 10.9. The maximum Gasteiger partial charge on any atom is 0.219 e. The van der Waals surface area contributed by atoms with Crippen molar-refractivity contribution in [2.24, 2.45) is 0 Å². The van der Waals surface area contributed by atoms with Gasteiger partial charge in [-0.25, -0.2) is 0 Å². The first-order valence-corrected chi connectivity index (χ1v) is 6.52. The van der Waals surface area contributed by atoms with Crippen molar-refractivity contribution in [1.82, 2.24) is 9.80 Å². The SMILES string of the molecule is CCN(C(C)=O)C1CN2CCC(O)C2C(O)C1O. The molecule has 2 heterocycles. The van der Waals surface area contributed by atoms with E-state index < -0.39 is 30.4 Å². The van der Waals surface area contributed by atoms with Crippen LogP contribution >= 0.6 is 0 Å². The molecule has 2 aliphatic rings. The maximum absolute atomic E-state index is 11.5. The molecule has 3 N–H and O–H groups in total. The van der Waals surface area contributed by atoms with Crippen molar-refractivity contribution in [3.05, 3.63) is 0 Å². The topological polar surface area (TPSA) is 84.2 Å². The number of carbonyl (C=O) groups excluding carboxylic acids is 1. The van der Waals surface area contributed by atoms with E-state index in [0.717, 1.165) is 0 Å². The minimum atomic E-state index is -1.00. The van der Waals surface area contributed by atoms with E-state index in [1.54, 1.807) is 4.90 Å². The number of fused-ring (bicyclic) bond motifs is 1. The highest BCUT2D eigenvalue weighted by atomic mass is 16.3. The third-order valence-corrected chi connectivity index (χ3v) is 4.19. The molecule has 0 bridgehead atoms. The lowest BCUT2D eigenvalue weighted by Crippen LogP contribution is -2.66. The second-order valence-electron chi connectivity index (χ2n) is 5.20. The van der Waals surface area contributed by atoms with Crippen LogP contribution in [0.4, 0.5) is 0 Å². The number of likely N-dealkylation sites (N-methyl/N-ethyl adjacent to an activating group) is 1. The Labute approximate surface area is 107 Å². The van der Waals surface area contributed by atoms with Gasteiger partial charge in [0.1, 0.15) is 6.10 Å². The van der Waals surface area contributed by atoms with Crippen molar-refractivity contribution in [3.63, 3.8) is 0 Å². The number of aliphatic hydroxyl groups is 3. The zero-order valence-corrected chi connectivity index (χ0v) is 10.9. The minimum Gasteiger partial charge on any atom is -0.391 e. The van der Waals surface area contributed by atoms with Crippen molar-refractivity contribution in [3.8, 4) is 0 Å². The molecule has 0 aromatic heterocycles. The molecule has 18 heavy (non-hydrogen) atoms. The molecule has 6 nitrogen and oxygen atoms in total. The average molecular weight is 258 g/mol. The molecule has 2 aliphatic heterocycles. The lowest BCUT2D eigenvalue weighted by molar-refractivity contribution is -0.149. The van der Waals surface area contributed by atoms with Gasteiger partial charge >= 0.3 is 0 Å². The summed E-state index contributed by atoms with van der Waals surface area (Å²) < 4.78 is 0. The molecule has 0 saturated carbocycles. The molecule has 0 aliphatic carbocycles. The van der Waals surface area contributed by atoms with Gasteiger partial charge in [0.15, 0.2) is 0 Å². The van der Waals surface area contributed by atoms with Gasteiger partial charge in [-0.3, -0.25) is 9.69 Å².